The van der Waals surface area contributed by atoms with Gasteiger partial charge in [-0.25, -0.2) is 0 Å². The van der Waals surface area contributed by atoms with E-state index in [-0.39, 0.29) is 0 Å². The van der Waals surface area contributed by atoms with Crippen molar-refractivity contribution in [2.45, 2.75) is 40.5 Å². The molecule has 2 rings (SSSR count). The highest BCUT2D eigenvalue weighted by molar-refractivity contribution is 5.39. The molecule has 0 aliphatic heterocycles. The molecule has 0 heteroatoms. The lowest BCUT2D eigenvalue weighted by atomic mass is 9.72. The van der Waals surface area contributed by atoms with E-state index in [4.69, 9.17) is 0 Å². The van der Waals surface area contributed by atoms with Crippen molar-refractivity contribution in [1.82, 2.24) is 0 Å². The van der Waals surface area contributed by atoms with Crippen molar-refractivity contribution in [1.29, 1.82) is 0 Å². The molecule has 0 bridgehead atoms. The summed E-state index contributed by atoms with van der Waals surface area (Å²) < 4.78 is 0. The number of fused-ring (bicyclic) bond motifs is 1. The van der Waals surface area contributed by atoms with Gasteiger partial charge in [0.05, 0.1) is 0 Å². The van der Waals surface area contributed by atoms with Gasteiger partial charge in [-0.15, -0.1) is 0 Å². The average Bonchev–Trinajstić information content (AvgIpc) is 2.80. The first kappa shape index (κ1) is 10.7. The van der Waals surface area contributed by atoms with Crippen LogP contribution >= 0.6 is 0 Å². The Morgan fingerprint density at radius 3 is 2.73 bits per heavy atom. The molecule has 0 aromatic heterocycles. The summed E-state index contributed by atoms with van der Waals surface area (Å²) in [6.45, 7) is 13.1. The average molecular weight is 202 g/mol. The minimum Gasteiger partial charge on any atom is -0.0961 e. The highest BCUT2D eigenvalue weighted by Gasteiger charge is 2.47. The van der Waals surface area contributed by atoms with E-state index >= 15 is 0 Å². The SMILES string of the molecule is C=C(C)/C=C/C1=C(C)C2CC2CC1(C)C. The summed E-state index contributed by atoms with van der Waals surface area (Å²) in [5.74, 6) is 1.89. The second-order valence-electron chi connectivity index (χ2n) is 5.97. The molecular formula is C15H22. The standard InChI is InChI=1S/C15H22/c1-10(2)6-7-14-11(3)13-8-12(13)9-15(14,4)5/h6-7,12-13H,1,8-9H2,2-5H3/b7-6+. The molecule has 15 heavy (non-hydrogen) atoms. The van der Waals surface area contributed by atoms with Crippen LogP contribution in [0.5, 0.6) is 0 Å². The Morgan fingerprint density at radius 2 is 2.13 bits per heavy atom. The molecule has 0 aromatic rings. The van der Waals surface area contributed by atoms with Gasteiger partial charge in [-0.05, 0) is 49.5 Å². The lowest BCUT2D eigenvalue weighted by molar-refractivity contribution is 0.360. The van der Waals surface area contributed by atoms with Crippen molar-refractivity contribution in [2.75, 3.05) is 0 Å². The number of hydrogen-bond donors (Lipinski definition) is 0. The van der Waals surface area contributed by atoms with Crippen LogP contribution in [0.1, 0.15) is 40.5 Å². The molecule has 0 aromatic carbocycles. The highest BCUT2D eigenvalue weighted by Crippen LogP contribution is 2.58. The highest BCUT2D eigenvalue weighted by atomic mass is 14.5. The molecular weight excluding hydrogens is 180 g/mol. The van der Waals surface area contributed by atoms with Crippen LogP contribution < -0.4 is 0 Å². The van der Waals surface area contributed by atoms with Gasteiger partial charge in [0.15, 0.2) is 0 Å². The molecule has 2 unspecified atom stereocenters. The van der Waals surface area contributed by atoms with Crippen LogP contribution in [-0.4, -0.2) is 0 Å². The minimum atomic E-state index is 0.369. The summed E-state index contributed by atoms with van der Waals surface area (Å²) >= 11 is 0. The molecule has 0 N–H and O–H groups in total. The first-order chi connectivity index (χ1) is 6.92. The molecule has 0 radical (unpaired) electrons. The third-order valence-corrected chi connectivity index (χ3v) is 3.94. The van der Waals surface area contributed by atoms with Gasteiger partial charge in [-0.1, -0.05) is 43.7 Å². The molecule has 1 fully saturated rings. The Morgan fingerprint density at radius 1 is 1.47 bits per heavy atom. The maximum absolute atomic E-state index is 3.93. The second-order valence-corrected chi connectivity index (χ2v) is 5.97. The monoisotopic (exact) mass is 202 g/mol. The van der Waals surface area contributed by atoms with E-state index in [1.54, 1.807) is 11.1 Å². The Bertz CT molecular complexity index is 352. The summed E-state index contributed by atoms with van der Waals surface area (Å²) in [5, 5.41) is 0. The smallest absolute Gasteiger partial charge is 0.0101 e. The van der Waals surface area contributed by atoms with E-state index in [0.29, 0.717) is 5.41 Å². The topological polar surface area (TPSA) is 0 Å². The Balaban J connectivity index is 2.32. The van der Waals surface area contributed by atoms with Gasteiger partial charge in [-0.3, -0.25) is 0 Å². The van der Waals surface area contributed by atoms with Crippen molar-refractivity contribution >= 4 is 0 Å². The summed E-state index contributed by atoms with van der Waals surface area (Å²) in [5.41, 5.74) is 4.70. The fourth-order valence-corrected chi connectivity index (χ4v) is 3.09. The van der Waals surface area contributed by atoms with Gasteiger partial charge in [0.25, 0.3) is 0 Å². The van der Waals surface area contributed by atoms with E-state index in [2.05, 4.69) is 46.4 Å². The minimum absolute atomic E-state index is 0.369. The normalized spacial score (nSPS) is 33.1. The summed E-state index contributed by atoms with van der Waals surface area (Å²) in [7, 11) is 0. The Labute approximate surface area is 93.8 Å². The summed E-state index contributed by atoms with van der Waals surface area (Å²) in [4.78, 5) is 0. The van der Waals surface area contributed by atoms with E-state index < -0.39 is 0 Å². The zero-order chi connectivity index (χ0) is 11.2. The van der Waals surface area contributed by atoms with Crippen LogP contribution in [0.4, 0.5) is 0 Å². The molecule has 0 spiro atoms. The van der Waals surface area contributed by atoms with E-state index in [9.17, 15) is 0 Å². The van der Waals surface area contributed by atoms with Crippen molar-refractivity contribution < 1.29 is 0 Å². The van der Waals surface area contributed by atoms with E-state index in [1.165, 1.54) is 12.8 Å². The van der Waals surface area contributed by atoms with Crippen LogP contribution in [-0.2, 0) is 0 Å². The lowest BCUT2D eigenvalue weighted by Crippen LogP contribution is -2.20. The Hall–Kier alpha value is -0.780. The third-order valence-electron chi connectivity index (χ3n) is 3.94. The van der Waals surface area contributed by atoms with Crippen LogP contribution in [0, 0.1) is 17.3 Å². The molecule has 2 aliphatic carbocycles. The quantitative estimate of drug-likeness (QED) is 0.578. The van der Waals surface area contributed by atoms with Crippen LogP contribution in [0.2, 0.25) is 0 Å². The van der Waals surface area contributed by atoms with Gasteiger partial charge in [0, 0.05) is 0 Å². The fourth-order valence-electron chi connectivity index (χ4n) is 3.09. The molecule has 0 saturated heterocycles. The van der Waals surface area contributed by atoms with E-state index in [0.717, 1.165) is 17.4 Å². The lowest BCUT2D eigenvalue weighted by Gasteiger charge is -2.32. The molecule has 2 atom stereocenters. The van der Waals surface area contributed by atoms with Crippen molar-refractivity contribution in [2.24, 2.45) is 17.3 Å². The van der Waals surface area contributed by atoms with Crippen LogP contribution in [0.3, 0.4) is 0 Å². The maximum atomic E-state index is 3.93. The predicted octanol–water partition coefficient (Wildman–Crippen LogP) is 4.50. The number of allylic oxidation sites excluding steroid dienone is 5. The maximum Gasteiger partial charge on any atom is -0.0101 e. The predicted molar refractivity (Wildman–Crippen MR) is 66.6 cm³/mol. The molecule has 82 valence electrons. The van der Waals surface area contributed by atoms with Crippen LogP contribution in [0.15, 0.2) is 35.5 Å². The van der Waals surface area contributed by atoms with Gasteiger partial charge in [-0.2, -0.15) is 0 Å². The molecule has 0 nitrogen and oxygen atoms in total. The zero-order valence-electron chi connectivity index (χ0n) is 10.4. The van der Waals surface area contributed by atoms with Crippen molar-refractivity contribution in [3.05, 3.63) is 35.5 Å². The third kappa shape index (κ3) is 1.95. The van der Waals surface area contributed by atoms with Gasteiger partial charge in [0.1, 0.15) is 0 Å². The second kappa shape index (κ2) is 3.37. The molecule has 0 heterocycles. The molecule has 1 saturated carbocycles. The van der Waals surface area contributed by atoms with Crippen molar-refractivity contribution in [3.63, 3.8) is 0 Å². The van der Waals surface area contributed by atoms with Crippen LogP contribution in [0.25, 0.3) is 0 Å². The van der Waals surface area contributed by atoms with Gasteiger partial charge in [0.2, 0.25) is 0 Å². The van der Waals surface area contributed by atoms with Gasteiger partial charge >= 0.3 is 0 Å². The first-order valence-electron chi connectivity index (χ1n) is 5.96. The summed E-state index contributed by atoms with van der Waals surface area (Å²) in [6, 6.07) is 0. The summed E-state index contributed by atoms with van der Waals surface area (Å²) in [6.07, 6.45) is 7.25. The molecule has 0 amide bonds. The Kier molecular flexibility index (Phi) is 2.41. The van der Waals surface area contributed by atoms with Crippen molar-refractivity contribution in [3.8, 4) is 0 Å². The first-order valence-corrected chi connectivity index (χ1v) is 5.96. The van der Waals surface area contributed by atoms with E-state index in [1.807, 2.05) is 0 Å². The molecule has 2 aliphatic rings. The number of rotatable bonds is 2. The largest absolute Gasteiger partial charge is 0.0961 e. The van der Waals surface area contributed by atoms with Gasteiger partial charge < -0.3 is 0 Å². The fraction of sp³-hybridized carbons (Fsp3) is 0.600. The number of hydrogen-bond acceptors (Lipinski definition) is 0. The zero-order valence-corrected chi connectivity index (χ0v) is 10.4.